The summed E-state index contributed by atoms with van der Waals surface area (Å²) in [5.41, 5.74) is 1.65. The third-order valence-corrected chi connectivity index (χ3v) is 4.42. The molecule has 7 nitrogen and oxygen atoms in total. The lowest BCUT2D eigenvalue weighted by atomic mass is 10.1. The molecule has 0 fully saturated rings. The maximum atomic E-state index is 13.5. The van der Waals surface area contributed by atoms with E-state index in [-0.39, 0.29) is 49.9 Å². The number of hydrogen-bond acceptors (Lipinski definition) is 5. The molecule has 0 aliphatic heterocycles. The quantitative estimate of drug-likeness (QED) is 0.423. The van der Waals surface area contributed by atoms with E-state index in [0.29, 0.717) is 16.7 Å². The molecule has 164 valence electrons. The Labute approximate surface area is 180 Å². The largest absolute Gasteiger partial charge is 0.456 e. The Hall–Kier alpha value is -3.55. The molecule has 2 aromatic carbocycles. The summed E-state index contributed by atoms with van der Waals surface area (Å²) in [6.45, 7) is 1.34. The van der Waals surface area contributed by atoms with Gasteiger partial charge in [0.2, 0.25) is 5.91 Å². The van der Waals surface area contributed by atoms with Crippen LogP contribution in [-0.4, -0.2) is 36.7 Å². The molecular weight excluding hydrogens is 403 g/mol. The molecule has 2 amide bonds. The molecule has 0 saturated heterocycles. The molecule has 31 heavy (non-hydrogen) atoms. The number of amides is 2. The molecule has 0 aliphatic carbocycles. The number of rotatable bonds is 11. The molecule has 2 rings (SSSR count). The molecule has 0 saturated carbocycles. The van der Waals surface area contributed by atoms with Gasteiger partial charge in [0.15, 0.2) is 12.4 Å². The second-order valence-electron chi connectivity index (χ2n) is 6.91. The lowest BCUT2D eigenvalue weighted by Gasteiger charge is -2.08. The van der Waals surface area contributed by atoms with Gasteiger partial charge in [-0.15, -0.1) is 0 Å². The highest BCUT2D eigenvalue weighted by molar-refractivity contribution is 5.97. The summed E-state index contributed by atoms with van der Waals surface area (Å²) >= 11 is 0. The number of Topliss-reactive ketones (excluding diaryl/α,β-unsaturated/α-hetero) is 1. The second kappa shape index (κ2) is 12.2. The van der Waals surface area contributed by atoms with Crippen LogP contribution >= 0.6 is 0 Å². The molecule has 0 aromatic heterocycles. The van der Waals surface area contributed by atoms with Crippen molar-refractivity contribution in [2.75, 3.05) is 13.2 Å². The van der Waals surface area contributed by atoms with Crippen molar-refractivity contribution in [2.45, 2.75) is 32.7 Å². The predicted molar refractivity (Wildman–Crippen MR) is 112 cm³/mol. The summed E-state index contributed by atoms with van der Waals surface area (Å²) in [4.78, 5) is 47.1. The van der Waals surface area contributed by atoms with Gasteiger partial charge in [-0.1, -0.05) is 42.5 Å². The molecule has 0 atom stereocenters. The first-order chi connectivity index (χ1) is 14.8. The standard InChI is InChI=1S/C23H25FN2O5/c1-16-7-8-17(13-19(16)24)14-26-22(29)15-31-23(30)11-12-25-21(28)10-9-20(27)18-5-3-2-4-6-18/h2-8,13H,9-12,14-15H2,1H3,(H,25,28)(H,26,29). The lowest BCUT2D eigenvalue weighted by molar-refractivity contribution is -0.148. The number of aryl methyl sites for hydroxylation is 1. The van der Waals surface area contributed by atoms with Crippen LogP contribution in [0.25, 0.3) is 0 Å². The van der Waals surface area contributed by atoms with Crippen LogP contribution in [0.15, 0.2) is 48.5 Å². The van der Waals surface area contributed by atoms with Crippen molar-refractivity contribution in [2.24, 2.45) is 0 Å². The summed E-state index contributed by atoms with van der Waals surface area (Å²) in [5, 5.41) is 5.07. The van der Waals surface area contributed by atoms with Gasteiger partial charge in [0.25, 0.3) is 5.91 Å². The highest BCUT2D eigenvalue weighted by Crippen LogP contribution is 2.09. The van der Waals surface area contributed by atoms with Crippen LogP contribution in [0.2, 0.25) is 0 Å². The molecule has 0 radical (unpaired) electrons. The van der Waals surface area contributed by atoms with Gasteiger partial charge in [0.05, 0.1) is 6.42 Å². The number of ether oxygens (including phenoxy) is 1. The summed E-state index contributed by atoms with van der Waals surface area (Å²) in [5.74, 6) is -1.99. The first-order valence-electron chi connectivity index (χ1n) is 9.87. The minimum Gasteiger partial charge on any atom is -0.456 e. The third kappa shape index (κ3) is 8.77. The number of nitrogens with one attached hydrogen (secondary N) is 2. The fourth-order valence-electron chi connectivity index (χ4n) is 2.60. The van der Waals surface area contributed by atoms with Crippen LogP contribution in [0.3, 0.4) is 0 Å². The van der Waals surface area contributed by atoms with Gasteiger partial charge in [0.1, 0.15) is 5.82 Å². The summed E-state index contributed by atoms with van der Waals surface area (Å²) in [6, 6.07) is 13.3. The van der Waals surface area contributed by atoms with Gasteiger partial charge >= 0.3 is 5.97 Å². The molecule has 0 bridgehead atoms. The highest BCUT2D eigenvalue weighted by Gasteiger charge is 2.11. The van der Waals surface area contributed by atoms with Crippen molar-refractivity contribution in [1.82, 2.24) is 10.6 Å². The van der Waals surface area contributed by atoms with Crippen LogP contribution in [0.5, 0.6) is 0 Å². The third-order valence-electron chi connectivity index (χ3n) is 4.42. The molecule has 0 spiro atoms. The fraction of sp³-hybridized carbons (Fsp3) is 0.304. The highest BCUT2D eigenvalue weighted by atomic mass is 19.1. The zero-order valence-electron chi connectivity index (χ0n) is 17.3. The zero-order valence-corrected chi connectivity index (χ0v) is 17.3. The summed E-state index contributed by atoms with van der Waals surface area (Å²) in [7, 11) is 0. The van der Waals surface area contributed by atoms with E-state index in [2.05, 4.69) is 10.6 Å². The van der Waals surface area contributed by atoms with Crippen LogP contribution in [0.4, 0.5) is 4.39 Å². The van der Waals surface area contributed by atoms with Gasteiger partial charge in [-0.2, -0.15) is 0 Å². The van der Waals surface area contributed by atoms with E-state index < -0.39 is 18.5 Å². The number of esters is 1. The number of carbonyl (C=O) groups is 4. The minimum atomic E-state index is -0.641. The van der Waals surface area contributed by atoms with Gasteiger partial charge in [0, 0.05) is 31.5 Å². The average Bonchev–Trinajstić information content (AvgIpc) is 2.77. The Morgan fingerprint density at radius 3 is 2.35 bits per heavy atom. The van der Waals surface area contributed by atoms with Crippen molar-refractivity contribution < 1.29 is 28.3 Å². The van der Waals surface area contributed by atoms with Crippen molar-refractivity contribution in [3.8, 4) is 0 Å². The molecule has 0 unspecified atom stereocenters. The first-order valence-corrected chi connectivity index (χ1v) is 9.87. The van der Waals surface area contributed by atoms with E-state index in [1.165, 1.54) is 6.07 Å². The normalized spacial score (nSPS) is 10.3. The molecule has 8 heteroatoms. The Morgan fingerprint density at radius 2 is 1.65 bits per heavy atom. The number of hydrogen-bond donors (Lipinski definition) is 2. The number of ketones is 1. The number of benzene rings is 2. The van der Waals surface area contributed by atoms with Gasteiger partial charge < -0.3 is 15.4 Å². The lowest BCUT2D eigenvalue weighted by Crippen LogP contribution is -2.30. The Kier molecular flexibility index (Phi) is 9.35. The van der Waals surface area contributed by atoms with Crippen molar-refractivity contribution in [3.05, 3.63) is 71.0 Å². The summed E-state index contributed by atoms with van der Waals surface area (Å²) in [6.07, 6.45) is -0.00897. The fourth-order valence-corrected chi connectivity index (χ4v) is 2.60. The second-order valence-corrected chi connectivity index (χ2v) is 6.91. The van der Waals surface area contributed by atoms with Crippen molar-refractivity contribution in [1.29, 1.82) is 0 Å². The molecule has 2 aromatic rings. The maximum absolute atomic E-state index is 13.5. The smallest absolute Gasteiger partial charge is 0.308 e. The van der Waals surface area contributed by atoms with Gasteiger partial charge in [-0.05, 0) is 24.1 Å². The Bertz CT molecular complexity index is 931. The van der Waals surface area contributed by atoms with Crippen LogP contribution in [0, 0.1) is 12.7 Å². The Morgan fingerprint density at radius 1 is 0.903 bits per heavy atom. The zero-order chi connectivity index (χ0) is 22.6. The van der Waals surface area contributed by atoms with Crippen LogP contribution < -0.4 is 10.6 Å². The van der Waals surface area contributed by atoms with E-state index in [1.54, 1.807) is 49.4 Å². The van der Waals surface area contributed by atoms with Crippen molar-refractivity contribution in [3.63, 3.8) is 0 Å². The number of halogens is 1. The van der Waals surface area contributed by atoms with E-state index in [4.69, 9.17) is 4.74 Å². The SMILES string of the molecule is Cc1ccc(CNC(=O)COC(=O)CCNC(=O)CCC(=O)c2ccccc2)cc1F. The van der Waals surface area contributed by atoms with Crippen LogP contribution in [0.1, 0.15) is 40.7 Å². The summed E-state index contributed by atoms with van der Waals surface area (Å²) < 4.78 is 18.3. The monoisotopic (exact) mass is 428 g/mol. The van der Waals surface area contributed by atoms with Gasteiger partial charge in [-0.3, -0.25) is 19.2 Å². The van der Waals surface area contributed by atoms with E-state index in [0.717, 1.165) is 0 Å². The minimum absolute atomic E-state index is 0.0186. The Balaban J connectivity index is 1.56. The van der Waals surface area contributed by atoms with E-state index >= 15 is 0 Å². The molecule has 0 aliphatic rings. The molecular formula is C23H25FN2O5. The predicted octanol–water partition coefficient (Wildman–Crippen LogP) is 2.46. The van der Waals surface area contributed by atoms with E-state index in [1.807, 2.05) is 0 Å². The molecule has 0 heterocycles. The van der Waals surface area contributed by atoms with Crippen LogP contribution in [-0.2, 0) is 25.7 Å². The first kappa shape index (κ1) is 23.7. The van der Waals surface area contributed by atoms with E-state index in [9.17, 15) is 23.6 Å². The molecule has 2 N–H and O–H groups in total. The maximum Gasteiger partial charge on any atom is 0.308 e. The average molecular weight is 428 g/mol. The number of carbonyl (C=O) groups excluding carboxylic acids is 4. The topological polar surface area (TPSA) is 102 Å². The van der Waals surface area contributed by atoms with Gasteiger partial charge in [-0.25, -0.2) is 4.39 Å². The van der Waals surface area contributed by atoms with Crippen molar-refractivity contribution >= 4 is 23.6 Å².